The minimum absolute atomic E-state index is 0.0896. The lowest BCUT2D eigenvalue weighted by atomic mass is 10.2. The summed E-state index contributed by atoms with van der Waals surface area (Å²) in [5.74, 6) is 0.587. The summed E-state index contributed by atoms with van der Waals surface area (Å²) in [5.41, 5.74) is 6.71. The van der Waals surface area contributed by atoms with Crippen LogP contribution in [-0.4, -0.2) is 18.4 Å². The van der Waals surface area contributed by atoms with E-state index in [1.54, 1.807) is 19.2 Å². The van der Waals surface area contributed by atoms with Crippen LogP contribution in [0.1, 0.15) is 17.1 Å². The summed E-state index contributed by atoms with van der Waals surface area (Å²) in [5, 5.41) is 0.447. The fraction of sp³-hybridized carbons (Fsp3) is 0.231. The van der Waals surface area contributed by atoms with Gasteiger partial charge in [-0.1, -0.05) is 11.6 Å². The molecule has 2 aromatic rings. The second-order valence-corrected chi connectivity index (χ2v) is 6.55. The Hall–Kier alpha value is -1.54. The number of sulfonamides is 1. The largest absolute Gasteiger partial charge is 0.326 e. The molecule has 8 heteroatoms. The van der Waals surface area contributed by atoms with E-state index in [9.17, 15) is 8.42 Å². The van der Waals surface area contributed by atoms with E-state index in [4.69, 9.17) is 17.3 Å². The van der Waals surface area contributed by atoms with E-state index >= 15 is 0 Å². The van der Waals surface area contributed by atoms with E-state index in [-0.39, 0.29) is 18.0 Å². The Morgan fingerprint density at radius 2 is 2.10 bits per heavy atom. The first-order valence-corrected chi connectivity index (χ1v) is 8.05. The van der Waals surface area contributed by atoms with Crippen molar-refractivity contribution in [3.8, 4) is 0 Å². The van der Waals surface area contributed by atoms with E-state index in [0.717, 1.165) is 0 Å². The summed E-state index contributed by atoms with van der Waals surface area (Å²) in [4.78, 5) is 8.22. The molecule has 0 bridgehead atoms. The van der Waals surface area contributed by atoms with Crippen molar-refractivity contribution < 1.29 is 8.42 Å². The Morgan fingerprint density at radius 3 is 2.76 bits per heavy atom. The quantitative estimate of drug-likeness (QED) is 0.865. The maximum absolute atomic E-state index is 12.2. The number of nitrogens with one attached hydrogen (secondary N) is 1. The maximum Gasteiger partial charge on any atom is 0.240 e. The van der Waals surface area contributed by atoms with Crippen molar-refractivity contribution in [2.75, 3.05) is 0 Å². The molecule has 0 aliphatic rings. The molecule has 0 atom stereocenters. The molecular formula is C13H15ClN4O2S. The van der Waals surface area contributed by atoms with Gasteiger partial charge in [-0.2, -0.15) is 0 Å². The molecule has 1 aromatic heterocycles. The third kappa shape index (κ3) is 3.98. The van der Waals surface area contributed by atoms with E-state index in [0.29, 0.717) is 22.1 Å². The van der Waals surface area contributed by atoms with Gasteiger partial charge in [-0.05, 0) is 36.8 Å². The molecule has 0 aliphatic carbocycles. The molecule has 3 N–H and O–H groups in total. The Kier molecular flexibility index (Phi) is 4.89. The first-order valence-electron chi connectivity index (χ1n) is 6.19. The second kappa shape index (κ2) is 6.48. The van der Waals surface area contributed by atoms with Crippen molar-refractivity contribution in [1.29, 1.82) is 0 Å². The van der Waals surface area contributed by atoms with Crippen LogP contribution in [0.5, 0.6) is 0 Å². The number of rotatable bonds is 5. The summed E-state index contributed by atoms with van der Waals surface area (Å²) in [6, 6.07) is 6.08. The minimum atomic E-state index is -3.65. The normalized spacial score (nSPS) is 11.6. The number of aromatic nitrogens is 2. The number of nitrogens with zero attached hydrogens (tertiary/aromatic N) is 2. The van der Waals surface area contributed by atoms with E-state index in [1.165, 1.54) is 18.2 Å². The number of hydrogen-bond acceptors (Lipinski definition) is 5. The van der Waals surface area contributed by atoms with Crippen LogP contribution in [0.3, 0.4) is 0 Å². The molecule has 112 valence electrons. The van der Waals surface area contributed by atoms with Crippen molar-refractivity contribution >= 4 is 21.6 Å². The van der Waals surface area contributed by atoms with Crippen LogP contribution < -0.4 is 10.5 Å². The number of nitrogens with two attached hydrogens (primary N) is 1. The number of halogens is 1. The van der Waals surface area contributed by atoms with Gasteiger partial charge in [0.1, 0.15) is 5.82 Å². The third-order valence-electron chi connectivity index (χ3n) is 2.82. The Morgan fingerprint density at radius 1 is 1.33 bits per heavy atom. The van der Waals surface area contributed by atoms with Crippen LogP contribution in [0.2, 0.25) is 5.02 Å². The van der Waals surface area contributed by atoms with Gasteiger partial charge in [-0.3, -0.25) is 0 Å². The van der Waals surface area contributed by atoms with Crippen molar-refractivity contribution in [2.45, 2.75) is 24.9 Å². The molecule has 1 heterocycles. The molecule has 1 aromatic carbocycles. The standard InChI is InChI=1S/C13H15ClN4O2S/c1-9-16-5-4-11(18-9)8-17-21(19,20)12-2-3-13(14)10(6-12)7-15/h2-6,17H,7-8,15H2,1H3. The van der Waals surface area contributed by atoms with Crippen LogP contribution in [0.4, 0.5) is 0 Å². The van der Waals surface area contributed by atoms with Gasteiger partial charge in [0.25, 0.3) is 0 Å². The molecule has 0 unspecified atom stereocenters. The van der Waals surface area contributed by atoms with E-state index in [1.807, 2.05) is 0 Å². The molecule has 0 saturated heterocycles. The molecule has 0 spiro atoms. The topological polar surface area (TPSA) is 98.0 Å². The Labute approximate surface area is 128 Å². The van der Waals surface area contributed by atoms with Crippen LogP contribution in [-0.2, 0) is 23.1 Å². The molecule has 0 amide bonds. The lowest BCUT2D eigenvalue weighted by molar-refractivity contribution is 0.580. The van der Waals surface area contributed by atoms with Crippen molar-refractivity contribution in [3.63, 3.8) is 0 Å². The number of benzene rings is 1. The van der Waals surface area contributed by atoms with Crippen LogP contribution in [0.25, 0.3) is 0 Å². The lowest BCUT2D eigenvalue weighted by Crippen LogP contribution is -2.24. The maximum atomic E-state index is 12.2. The molecule has 0 aliphatic heterocycles. The van der Waals surface area contributed by atoms with Gasteiger partial charge in [-0.15, -0.1) is 0 Å². The Bertz CT molecular complexity index is 750. The first kappa shape index (κ1) is 15.8. The lowest BCUT2D eigenvalue weighted by Gasteiger charge is -2.09. The van der Waals surface area contributed by atoms with Crippen LogP contribution >= 0.6 is 11.6 Å². The number of hydrogen-bond donors (Lipinski definition) is 2. The fourth-order valence-electron chi connectivity index (χ4n) is 1.73. The fourth-order valence-corrected chi connectivity index (χ4v) is 2.97. The highest BCUT2D eigenvalue weighted by molar-refractivity contribution is 7.89. The smallest absolute Gasteiger partial charge is 0.240 e. The van der Waals surface area contributed by atoms with Gasteiger partial charge in [0.2, 0.25) is 10.0 Å². The predicted molar refractivity (Wildman–Crippen MR) is 80.1 cm³/mol. The molecular weight excluding hydrogens is 312 g/mol. The van der Waals surface area contributed by atoms with Gasteiger partial charge in [-0.25, -0.2) is 23.1 Å². The first-order chi connectivity index (χ1) is 9.92. The molecule has 0 radical (unpaired) electrons. The van der Waals surface area contributed by atoms with E-state index in [2.05, 4.69) is 14.7 Å². The molecule has 21 heavy (non-hydrogen) atoms. The van der Waals surface area contributed by atoms with Gasteiger partial charge < -0.3 is 5.73 Å². The summed E-state index contributed by atoms with van der Waals surface area (Å²) in [7, 11) is -3.65. The van der Waals surface area contributed by atoms with Gasteiger partial charge in [0, 0.05) is 17.8 Å². The zero-order valence-electron chi connectivity index (χ0n) is 11.4. The van der Waals surface area contributed by atoms with Crippen LogP contribution in [0.15, 0.2) is 35.4 Å². The molecule has 0 saturated carbocycles. The van der Waals surface area contributed by atoms with Crippen LogP contribution in [0, 0.1) is 6.92 Å². The summed E-state index contributed by atoms with van der Waals surface area (Å²) in [6.45, 7) is 2.00. The van der Waals surface area contributed by atoms with Gasteiger partial charge >= 0.3 is 0 Å². The molecule has 2 rings (SSSR count). The number of aryl methyl sites for hydroxylation is 1. The van der Waals surface area contributed by atoms with Crippen molar-refractivity contribution in [3.05, 3.63) is 52.6 Å². The highest BCUT2D eigenvalue weighted by Gasteiger charge is 2.15. The highest BCUT2D eigenvalue weighted by Crippen LogP contribution is 2.20. The summed E-state index contributed by atoms with van der Waals surface area (Å²) >= 11 is 5.92. The second-order valence-electron chi connectivity index (χ2n) is 4.38. The Balaban J connectivity index is 2.18. The summed E-state index contributed by atoms with van der Waals surface area (Å²) in [6.07, 6.45) is 1.58. The minimum Gasteiger partial charge on any atom is -0.326 e. The van der Waals surface area contributed by atoms with Crippen molar-refractivity contribution in [1.82, 2.24) is 14.7 Å². The van der Waals surface area contributed by atoms with Gasteiger partial charge in [0.05, 0.1) is 17.1 Å². The highest BCUT2D eigenvalue weighted by atomic mass is 35.5. The monoisotopic (exact) mass is 326 g/mol. The average molecular weight is 327 g/mol. The SMILES string of the molecule is Cc1nccc(CNS(=O)(=O)c2ccc(Cl)c(CN)c2)n1. The molecule has 6 nitrogen and oxygen atoms in total. The van der Waals surface area contributed by atoms with Crippen molar-refractivity contribution in [2.24, 2.45) is 5.73 Å². The zero-order chi connectivity index (χ0) is 15.5. The molecule has 0 fully saturated rings. The average Bonchev–Trinajstić information content (AvgIpc) is 2.46. The van der Waals surface area contributed by atoms with E-state index < -0.39 is 10.0 Å². The third-order valence-corrected chi connectivity index (χ3v) is 4.59. The van der Waals surface area contributed by atoms with Gasteiger partial charge in [0.15, 0.2) is 0 Å². The predicted octanol–water partition coefficient (Wildman–Crippen LogP) is 1.38. The summed E-state index contributed by atoms with van der Waals surface area (Å²) < 4.78 is 27.0. The zero-order valence-corrected chi connectivity index (χ0v) is 12.9.